The summed E-state index contributed by atoms with van der Waals surface area (Å²) in [5.41, 5.74) is 1.95. The summed E-state index contributed by atoms with van der Waals surface area (Å²) in [6.07, 6.45) is 0. The van der Waals surface area contributed by atoms with E-state index >= 15 is 0 Å². The summed E-state index contributed by atoms with van der Waals surface area (Å²) in [5.74, 6) is -0.353. The SMILES string of the molecule is Fc1ccccc1NC(=S)N[C@H](c1ccccc1)c1ccc(OC(F)F)cc1. The quantitative estimate of drug-likeness (QED) is 0.533. The van der Waals surface area contributed by atoms with Crippen LogP contribution in [0.25, 0.3) is 0 Å². The first kappa shape index (κ1) is 19.7. The summed E-state index contributed by atoms with van der Waals surface area (Å²) in [6, 6.07) is 21.6. The van der Waals surface area contributed by atoms with E-state index in [0.717, 1.165) is 11.1 Å². The van der Waals surface area contributed by atoms with Crippen LogP contribution in [0.15, 0.2) is 78.9 Å². The zero-order valence-corrected chi connectivity index (χ0v) is 15.4. The first-order valence-electron chi connectivity index (χ1n) is 8.44. The second kappa shape index (κ2) is 9.23. The maximum atomic E-state index is 13.9. The Balaban J connectivity index is 1.82. The Hall–Kier alpha value is -3.06. The molecule has 7 heteroatoms. The van der Waals surface area contributed by atoms with Crippen molar-refractivity contribution in [3.8, 4) is 5.75 Å². The molecule has 3 aromatic rings. The van der Waals surface area contributed by atoms with Crippen molar-refractivity contribution in [2.75, 3.05) is 5.32 Å². The van der Waals surface area contributed by atoms with Gasteiger partial charge >= 0.3 is 6.61 Å². The van der Waals surface area contributed by atoms with Gasteiger partial charge in [0.2, 0.25) is 0 Å². The van der Waals surface area contributed by atoms with Crippen LogP contribution in [0.1, 0.15) is 17.2 Å². The monoisotopic (exact) mass is 402 g/mol. The molecule has 3 rings (SSSR count). The Kier molecular flexibility index (Phi) is 6.49. The van der Waals surface area contributed by atoms with E-state index in [1.54, 1.807) is 30.3 Å². The maximum Gasteiger partial charge on any atom is 0.387 e. The van der Waals surface area contributed by atoms with E-state index in [4.69, 9.17) is 12.2 Å². The van der Waals surface area contributed by atoms with Crippen molar-refractivity contribution in [2.24, 2.45) is 0 Å². The van der Waals surface area contributed by atoms with Gasteiger partial charge in [0.15, 0.2) is 5.11 Å². The smallest absolute Gasteiger partial charge is 0.387 e. The third kappa shape index (κ3) is 5.23. The van der Waals surface area contributed by atoms with Crippen molar-refractivity contribution in [3.63, 3.8) is 0 Å². The van der Waals surface area contributed by atoms with E-state index in [9.17, 15) is 13.2 Å². The molecule has 0 amide bonds. The summed E-state index contributed by atoms with van der Waals surface area (Å²) in [6.45, 7) is -2.88. The summed E-state index contributed by atoms with van der Waals surface area (Å²) >= 11 is 5.34. The number of ether oxygens (including phenoxy) is 1. The number of hydrogen-bond acceptors (Lipinski definition) is 2. The summed E-state index contributed by atoms with van der Waals surface area (Å²) < 4.78 is 43.0. The third-order valence-electron chi connectivity index (χ3n) is 3.97. The fraction of sp³-hybridized carbons (Fsp3) is 0.0952. The molecule has 1 atom stereocenters. The lowest BCUT2D eigenvalue weighted by Gasteiger charge is -2.22. The molecule has 0 spiro atoms. The largest absolute Gasteiger partial charge is 0.435 e. The van der Waals surface area contributed by atoms with Gasteiger partial charge in [0.1, 0.15) is 11.6 Å². The minimum absolute atomic E-state index is 0.0672. The number of para-hydroxylation sites is 1. The van der Waals surface area contributed by atoms with Gasteiger partial charge in [-0.15, -0.1) is 0 Å². The molecular weight excluding hydrogens is 385 g/mol. The van der Waals surface area contributed by atoms with E-state index in [1.165, 1.54) is 18.2 Å². The van der Waals surface area contributed by atoms with Gasteiger partial charge in [0.05, 0.1) is 11.7 Å². The fourth-order valence-electron chi connectivity index (χ4n) is 2.70. The summed E-state index contributed by atoms with van der Waals surface area (Å²) in [5, 5.41) is 6.22. The van der Waals surface area contributed by atoms with Crippen LogP contribution in [0.2, 0.25) is 0 Å². The standard InChI is InChI=1S/C21H17F3N2OS/c22-17-8-4-5-9-18(17)25-21(28)26-19(14-6-2-1-3-7-14)15-10-12-16(13-11-15)27-20(23)24/h1-13,19-20H,(H2,25,26,28)/t19-/m1/s1. The van der Waals surface area contributed by atoms with Gasteiger partial charge in [-0.1, -0.05) is 54.6 Å². The third-order valence-corrected chi connectivity index (χ3v) is 4.19. The lowest BCUT2D eigenvalue weighted by molar-refractivity contribution is -0.0498. The van der Waals surface area contributed by atoms with Crippen LogP contribution in [0, 0.1) is 5.82 Å². The lowest BCUT2D eigenvalue weighted by Crippen LogP contribution is -2.33. The van der Waals surface area contributed by atoms with Crippen molar-refractivity contribution >= 4 is 23.0 Å². The number of benzene rings is 3. The molecule has 0 aliphatic heterocycles. The molecule has 0 saturated carbocycles. The zero-order chi connectivity index (χ0) is 19.9. The number of anilines is 1. The van der Waals surface area contributed by atoms with E-state index in [-0.39, 0.29) is 22.6 Å². The highest BCUT2D eigenvalue weighted by atomic mass is 32.1. The van der Waals surface area contributed by atoms with Crippen LogP contribution >= 0.6 is 12.2 Å². The lowest BCUT2D eigenvalue weighted by atomic mass is 9.99. The molecule has 0 unspecified atom stereocenters. The molecule has 3 nitrogen and oxygen atoms in total. The van der Waals surface area contributed by atoms with Crippen molar-refractivity contribution in [2.45, 2.75) is 12.7 Å². The van der Waals surface area contributed by atoms with Gasteiger partial charge in [-0.25, -0.2) is 4.39 Å². The number of rotatable bonds is 6. The van der Waals surface area contributed by atoms with E-state index in [0.29, 0.717) is 0 Å². The Morgan fingerprint density at radius 2 is 1.43 bits per heavy atom. The van der Waals surface area contributed by atoms with Crippen LogP contribution in [-0.2, 0) is 0 Å². The molecule has 0 fully saturated rings. The Bertz CT molecular complexity index is 920. The second-order valence-electron chi connectivity index (χ2n) is 5.87. The molecule has 0 aliphatic rings. The van der Waals surface area contributed by atoms with Crippen LogP contribution < -0.4 is 15.4 Å². The highest BCUT2D eigenvalue weighted by Crippen LogP contribution is 2.25. The van der Waals surface area contributed by atoms with Gasteiger partial charge < -0.3 is 15.4 Å². The first-order chi connectivity index (χ1) is 13.5. The van der Waals surface area contributed by atoms with Crippen LogP contribution in [0.4, 0.5) is 18.9 Å². The molecule has 0 aliphatic carbocycles. The van der Waals surface area contributed by atoms with E-state index < -0.39 is 12.4 Å². The van der Waals surface area contributed by atoms with Crippen molar-refractivity contribution in [3.05, 3.63) is 95.8 Å². The van der Waals surface area contributed by atoms with Crippen LogP contribution in [0.5, 0.6) is 5.75 Å². The topological polar surface area (TPSA) is 33.3 Å². The summed E-state index contributed by atoms with van der Waals surface area (Å²) in [4.78, 5) is 0. The van der Waals surface area contributed by atoms with Crippen molar-refractivity contribution in [1.29, 1.82) is 0 Å². The Morgan fingerprint density at radius 3 is 2.07 bits per heavy atom. The van der Waals surface area contributed by atoms with Gasteiger partial charge in [0.25, 0.3) is 0 Å². The molecule has 144 valence electrons. The Morgan fingerprint density at radius 1 is 0.821 bits per heavy atom. The highest BCUT2D eigenvalue weighted by Gasteiger charge is 2.16. The average Bonchev–Trinajstić information content (AvgIpc) is 2.69. The molecule has 0 saturated heterocycles. The van der Waals surface area contributed by atoms with Crippen LogP contribution in [0.3, 0.4) is 0 Å². The number of thiocarbonyl (C=S) groups is 1. The first-order valence-corrected chi connectivity index (χ1v) is 8.85. The molecule has 28 heavy (non-hydrogen) atoms. The predicted molar refractivity (Wildman–Crippen MR) is 107 cm³/mol. The van der Waals surface area contributed by atoms with Crippen LogP contribution in [-0.4, -0.2) is 11.7 Å². The molecule has 0 bridgehead atoms. The van der Waals surface area contributed by atoms with Crippen molar-refractivity contribution < 1.29 is 17.9 Å². The van der Waals surface area contributed by atoms with Crippen molar-refractivity contribution in [1.82, 2.24) is 5.32 Å². The number of halogens is 3. The number of alkyl halides is 2. The van der Waals surface area contributed by atoms with E-state index in [2.05, 4.69) is 15.4 Å². The average molecular weight is 402 g/mol. The van der Waals surface area contributed by atoms with Gasteiger partial charge in [-0.2, -0.15) is 8.78 Å². The molecule has 0 heterocycles. The van der Waals surface area contributed by atoms with E-state index in [1.807, 2.05) is 30.3 Å². The van der Waals surface area contributed by atoms with Gasteiger partial charge in [-0.05, 0) is 47.6 Å². The molecule has 0 radical (unpaired) electrons. The maximum absolute atomic E-state index is 13.9. The molecule has 2 N–H and O–H groups in total. The number of nitrogens with one attached hydrogen (secondary N) is 2. The predicted octanol–water partition coefficient (Wildman–Crippen LogP) is 5.50. The molecule has 0 aromatic heterocycles. The van der Waals surface area contributed by atoms with Gasteiger partial charge in [0, 0.05) is 0 Å². The minimum Gasteiger partial charge on any atom is -0.435 e. The minimum atomic E-state index is -2.88. The normalized spacial score (nSPS) is 11.7. The molecular formula is C21H17F3N2OS. The molecule has 3 aromatic carbocycles. The fourth-order valence-corrected chi connectivity index (χ4v) is 2.93. The summed E-state index contributed by atoms with van der Waals surface area (Å²) in [7, 11) is 0. The second-order valence-corrected chi connectivity index (χ2v) is 6.28. The highest BCUT2D eigenvalue weighted by molar-refractivity contribution is 7.80. The van der Waals surface area contributed by atoms with Gasteiger partial charge in [-0.3, -0.25) is 0 Å². The number of hydrogen-bond donors (Lipinski definition) is 2. The zero-order valence-electron chi connectivity index (χ0n) is 14.6. The Labute approximate surface area is 166 Å².